The molecule has 2 saturated heterocycles. The van der Waals surface area contributed by atoms with E-state index in [-0.39, 0.29) is 0 Å². The molecule has 6 fully saturated rings. The molecule has 2 aliphatic heterocycles. The lowest BCUT2D eigenvalue weighted by atomic mass is 9.53. The standard InChI is InChI=1S/C43H62N2O2/c1-5-21-44(22-6-1)25-9-3-11-27-46-40-17-13-36(14-18-40)42(43-38-30-34-29-35(32-38)33-39(43)31-34)37-15-19-41(20-16-37)47-28-12-4-10-26-45-23-7-2-8-24-45/h13-20,34-35,38-39H,1-12,21-33H2. The topological polar surface area (TPSA) is 24.9 Å². The number of piperidine rings is 2. The third-order valence-electron chi connectivity index (χ3n) is 12.3. The predicted molar refractivity (Wildman–Crippen MR) is 195 cm³/mol. The fourth-order valence-corrected chi connectivity index (χ4v) is 10.0. The van der Waals surface area contributed by atoms with Crippen LogP contribution in [0.2, 0.25) is 0 Å². The molecule has 0 atom stereocenters. The minimum Gasteiger partial charge on any atom is -0.494 e. The first-order chi connectivity index (χ1) is 23.3. The maximum absolute atomic E-state index is 6.24. The van der Waals surface area contributed by atoms with Crippen molar-refractivity contribution in [2.45, 2.75) is 109 Å². The summed E-state index contributed by atoms with van der Waals surface area (Å²) >= 11 is 0. The Balaban J connectivity index is 0.948. The van der Waals surface area contributed by atoms with E-state index in [0.29, 0.717) is 0 Å². The lowest BCUT2D eigenvalue weighted by molar-refractivity contribution is 0.0705. The molecule has 47 heavy (non-hydrogen) atoms. The van der Waals surface area contributed by atoms with E-state index < -0.39 is 0 Å². The van der Waals surface area contributed by atoms with E-state index in [4.69, 9.17) is 9.47 Å². The van der Waals surface area contributed by atoms with Crippen LogP contribution >= 0.6 is 0 Å². The maximum atomic E-state index is 6.24. The summed E-state index contributed by atoms with van der Waals surface area (Å²) in [5, 5.41) is 0. The molecular formula is C43H62N2O2. The molecule has 4 aliphatic carbocycles. The zero-order valence-electron chi connectivity index (χ0n) is 29.3. The van der Waals surface area contributed by atoms with Crippen molar-refractivity contribution in [1.29, 1.82) is 0 Å². The van der Waals surface area contributed by atoms with Crippen molar-refractivity contribution in [1.82, 2.24) is 9.80 Å². The Morgan fingerprint density at radius 3 is 1.34 bits per heavy atom. The Morgan fingerprint density at radius 1 is 0.489 bits per heavy atom. The fourth-order valence-electron chi connectivity index (χ4n) is 10.0. The summed E-state index contributed by atoms with van der Waals surface area (Å²) in [6.07, 6.45) is 22.9. The number of likely N-dealkylation sites (tertiary alicyclic amines) is 2. The zero-order chi connectivity index (χ0) is 31.7. The molecule has 4 nitrogen and oxygen atoms in total. The van der Waals surface area contributed by atoms with Crippen LogP contribution < -0.4 is 9.47 Å². The van der Waals surface area contributed by atoms with Crippen LogP contribution in [0.25, 0.3) is 5.57 Å². The van der Waals surface area contributed by atoms with Crippen molar-refractivity contribution in [2.75, 3.05) is 52.5 Å². The second kappa shape index (κ2) is 16.9. The highest BCUT2D eigenvalue weighted by molar-refractivity contribution is 5.83. The number of benzene rings is 2. The zero-order valence-corrected chi connectivity index (χ0v) is 29.3. The Kier molecular flexibility index (Phi) is 11.9. The summed E-state index contributed by atoms with van der Waals surface area (Å²) in [4.78, 5) is 5.30. The molecule has 0 N–H and O–H groups in total. The van der Waals surface area contributed by atoms with Crippen LogP contribution in [0, 0.1) is 23.7 Å². The van der Waals surface area contributed by atoms with Gasteiger partial charge in [0.15, 0.2) is 0 Å². The van der Waals surface area contributed by atoms with E-state index in [2.05, 4.69) is 58.3 Å². The van der Waals surface area contributed by atoms with Crippen molar-refractivity contribution in [2.24, 2.45) is 23.7 Å². The summed E-state index contributed by atoms with van der Waals surface area (Å²) in [5.74, 6) is 5.49. The molecular weight excluding hydrogens is 576 g/mol. The normalized spacial score (nSPS) is 26.1. The molecule has 4 heteroatoms. The van der Waals surface area contributed by atoms with Crippen LogP contribution in [0.4, 0.5) is 0 Å². The average Bonchev–Trinajstić information content (AvgIpc) is 3.11. The summed E-state index contributed by atoms with van der Waals surface area (Å²) in [7, 11) is 0. The van der Waals surface area contributed by atoms with Gasteiger partial charge in [0.05, 0.1) is 13.2 Å². The number of hydrogen-bond acceptors (Lipinski definition) is 4. The monoisotopic (exact) mass is 638 g/mol. The number of allylic oxidation sites excluding steroid dienone is 1. The molecule has 0 unspecified atom stereocenters. The molecule has 6 aliphatic rings. The number of rotatable bonds is 16. The summed E-state index contributed by atoms with van der Waals surface area (Å²) in [5.41, 5.74) is 6.00. The van der Waals surface area contributed by atoms with Gasteiger partial charge in [0, 0.05) is 0 Å². The number of nitrogens with zero attached hydrogens (tertiary/aromatic N) is 2. The third-order valence-corrected chi connectivity index (χ3v) is 12.3. The Hall–Kier alpha value is -2.30. The first-order valence-electron chi connectivity index (χ1n) is 19.9. The van der Waals surface area contributed by atoms with Crippen LogP contribution in [0.15, 0.2) is 54.1 Å². The number of ether oxygens (including phenoxy) is 2. The van der Waals surface area contributed by atoms with E-state index >= 15 is 0 Å². The molecule has 0 amide bonds. The van der Waals surface area contributed by atoms with E-state index in [0.717, 1.165) is 61.2 Å². The summed E-state index contributed by atoms with van der Waals surface area (Å²) in [6, 6.07) is 18.3. The van der Waals surface area contributed by atoms with Gasteiger partial charge in [-0.05, 0) is 200 Å². The first-order valence-corrected chi connectivity index (χ1v) is 19.9. The first kappa shape index (κ1) is 33.2. The van der Waals surface area contributed by atoms with Crippen molar-refractivity contribution in [3.8, 4) is 11.5 Å². The molecule has 0 spiro atoms. The van der Waals surface area contributed by atoms with Crippen LogP contribution in [-0.2, 0) is 0 Å². The second-order valence-corrected chi connectivity index (χ2v) is 15.8. The maximum Gasteiger partial charge on any atom is 0.119 e. The van der Waals surface area contributed by atoms with Gasteiger partial charge >= 0.3 is 0 Å². The highest BCUT2D eigenvalue weighted by atomic mass is 16.5. The van der Waals surface area contributed by atoms with Gasteiger partial charge < -0.3 is 19.3 Å². The summed E-state index contributed by atoms with van der Waals surface area (Å²) < 4.78 is 12.5. The van der Waals surface area contributed by atoms with Crippen molar-refractivity contribution >= 4 is 5.57 Å². The molecule has 4 saturated carbocycles. The second-order valence-electron chi connectivity index (χ2n) is 15.8. The molecule has 0 aromatic heterocycles. The highest BCUT2D eigenvalue weighted by Crippen LogP contribution is 2.58. The Labute approximate surface area is 286 Å². The Morgan fingerprint density at radius 2 is 0.915 bits per heavy atom. The Bertz CT molecular complexity index is 1150. The fraction of sp³-hybridized carbons (Fsp3) is 0.674. The van der Waals surface area contributed by atoms with Crippen molar-refractivity contribution in [3.63, 3.8) is 0 Å². The molecule has 0 radical (unpaired) electrons. The van der Waals surface area contributed by atoms with E-state index in [1.165, 1.54) is 152 Å². The smallest absolute Gasteiger partial charge is 0.119 e. The van der Waals surface area contributed by atoms with E-state index in [9.17, 15) is 0 Å². The van der Waals surface area contributed by atoms with Gasteiger partial charge in [0.25, 0.3) is 0 Å². The van der Waals surface area contributed by atoms with Crippen LogP contribution in [0.1, 0.15) is 120 Å². The molecule has 2 aromatic carbocycles. The third kappa shape index (κ3) is 9.04. The number of unbranched alkanes of at least 4 members (excludes halogenated alkanes) is 4. The van der Waals surface area contributed by atoms with Gasteiger partial charge in [-0.1, -0.05) is 42.7 Å². The SMILES string of the molecule is c1cc(C(=C2C3CC4CC(C3)CC2C4)c2ccc(OCCCCCN3CCCCC3)cc2)ccc1OCCCCCN1CCCCC1. The minimum atomic E-state index is 0.767. The van der Waals surface area contributed by atoms with Crippen molar-refractivity contribution in [3.05, 3.63) is 65.2 Å². The molecule has 8 rings (SSSR count). The quantitative estimate of drug-likeness (QED) is 0.171. The average molecular weight is 639 g/mol. The predicted octanol–water partition coefficient (Wildman–Crippen LogP) is 10.0. The van der Waals surface area contributed by atoms with Crippen molar-refractivity contribution < 1.29 is 9.47 Å². The van der Waals surface area contributed by atoms with Gasteiger partial charge in [-0.25, -0.2) is 0 Å². The van der Waals surface area contributed by atoms with Gasteiger partial charge in [0.1, 0.15) is 11.5 Å². The van der Waals surface area contributed by atoms with E-state index in [1.54, 1.807) is 5.57 Å². The van der Waals surface area contributed by atoms with Crippen LogP contribution in [0.3, 0.4) is 0 Å². The largest absolute Gasteiger partial charge is 0.494 e. The lowest BCUT2D eigenvalue weighted by Gasteiger charge is -2.52. The molecule has 2 aromatic rings. The van der Waals surface area contributed by atoms with E-state index in [1.807, 2.05) is 0 Å². The highest BCUT2D eigenvalue weighted by Gasteiger charge is 2.46. The van der Waals surface area contributed by atoms with Crippen LogP contribution in [-0.4, -0.2) is 62.3 Å². The molecule has 2 heterocycles. The van der Waals surface area contributed by atoms with Gasteiger partial charge in [-0.2, -0.15) is 0 Å². The minimum absolute atomic E-state index is 0.767. The van der Waals surface area contributed by atoms with Gasteiger partial charge in [-0.15, -0.1) is 0 Å². The van der Waals surface area contributed by atoms with Gasteiger partial charge in [-0.3, -0.25) is 0 Å². The lowest BCUT2D eigenvalue weighted by Crippen LogP contribution is -2.40. The van der Waals surface area contributed by atoms with Gasteiger partial charge in [0.2, 0.25) is 0 Å². The van der Waals surface area contributed by atoms with Crippen LogP contribution in [0.5, 0.6) is 11.5 Å². The number of hydrogen-bond donors (Lipinski definition) is 0. The summed E-state index contributed by atoms with van der Waals surface area (Å²) in [6.45, 7) is 9.40. The molecule has 256 valence electrons. The molecule has 4 bridgehead atoms.